The summed E-state index contributed by atoms with van der Waals surface area (Å²) in [7, 11) is 1.70. The fraction of sp³-hybridized carbons (Fsp3) is 0.571. The molecule has 0 bridgehead atoms. The highest BCUT2D eigenvalue weighted by Crippen LogP contribution is 2.25. The number of ether oxygens (including phenoxy) is 1. The van der Waals surface area contributed by atoms with Gasteiger partial charge >= 0.3 is 0 Å². The molecule has 2 aromatic heterocycles. The van der Waals surface area contributed by atoms with E-state index in [1.165, 1.54) is 12.8 Å². The quantitative estimate of drug-likeness (QED) is 0.816. The van der Waals surface area contributed by atoms with Crippen LogP contribution in [0.4, 0.5) is 11.8 Å². The summed E-state index contributed by atoms with van der Waals surface area (Å²) >= 11 is 0. The molecule has 1 saturated heterocycles. The van der Waals surface area contributed by atoms with Crippen LogP contribution in [0.3, 0.4) is 0 Å². The first-order valence-corrected chi connectivity index (χ1v) is 7.13. The summed E-state index contributed by atoms with van der Waals surface area (Å²) in [6.07, 6.45) is 2.44. The molecule has 0 atom stereocenters. The number of hydrogen-bond acceptors (Lipinski definition) is 5. The highest BCUT2D eigenvalue weighted by Gasteiger charge is 2.18. The highest BCUT2D eigenvalue weighted by molar-refractivity contribution is 5.89. The minimum Gasteiger partial charge on any atom is -0.383 e. The Morgan fingerprint density at radius 3 is 2.90 bits per heavy atom. The van der Waals surface area contributed by atoms with Crippen molar-refractivity contribution in [3.63, 3.8) is 0 Å². The molecule has 0 saturated carbocycles. The first kappa shape index (κ1) is 13.2. The molecular weight excluding hydrogens is 254 g/mol. The van der Waals surface area contributed by atoms with Gasteiger partial charge in [0, 0.05) is 32.4 Å². The second-order valence-corrected chi connectivity index (χ2v) is 5.20. The third-order valence-electron chi connectivity index (χ3n) is 3.60. The normalized spacial score (nSPS) is 15.2. The van der Waals surface area contributed by atoms with Gasteiger partial charge in [0.15, 0.2) is 0 Å². The Balaban J connectivity index is 1.95. The Hall–Kier alpha value is -1.82. The van der Waals surface area contributed by atoms with Crippen LogP contribution in [-0.4, -0.2) is 48.3 Å². The third-order valence-corrected chi connectivity index (χ3v) is 3.60. The molecule has 0 aliphatic carbocycles. The van der Waals surface area contributed by atoms with Crippen molar-refractivity contribution in [2.45, 2.75) is 19.8 Å². The molecule has 0 aromatic carbocycles. The number of anilines is 2. The van der Waals surface area contributed by atoms with Crippen LogP contribution in [0.25, 0.3) is 11.0 Å². The molecule has 3 heterocycles. The minimum absolute atomic E-state index is 0.661. The Bertz CT molecular complexity index is 589. The molecular formula is C14H21N5O. The molecule has 0 amide bonds. The molecule has 108 valence electrons. The number of H-pyrrole nitrogens is 1. The van der Waals surface area contributed by atoms with Crippen molar-refractivity contribution < 1.29 is 4.74 Å². The molecule has 6 heteroatoms. The van der Waals surface area contributed by atoms with Crippen LogP contribution in [0.2, 0.25) is 0 Å². The average molecular weight is 275 g/mol. The van der Waals surface area contributed by atoms with Crippen LogP contribution in [0.1, 0.15) is 18.5 Å². The van der Waals surface area contributed by atoms with Gasteiger partial charge in [0.05, 0.1) is 12.0 Å². The van der Waals surface area contributed by atoms with E-state index < -0.39 is 0 Å². The monoisotopic (exact) mass is 275 g/mol. The molecule has 0 unspecified atom stereocenters. The summed E-state index contributed by atoms with van der Waals surface area (Å²) in [5.74, 6) is 1.70. The van der Waals surface area contributed by atoms with E-state index in [4.69, 9.17) is 9.72 Å². The first-order chi connectivity index (χ1) is 9.78. The molecule has 0 spiro atoms. The van der Waals surface area contributed by atoms with Crippen molar-refractivity contribution in [1.82, 2.24) is 15.0 Å². The number of methoxy groups -OCH3 is 1. The van der Waals surface area contributed by atoms with Crippen molar-refractivity contribution >= 4 is 22.8 Å². The van der Waals surface area contributed by atoms with E-state index in [0.29, 0.717) is 6.61 Å². The maximum Gasteiger partial charge on any atom is 0.229 e. The Morgan fingerprint density at radius 2 is 2.15 bits per heavy atom. The lowest BCUT2D eigenvalue weighted by molar-refractivity contribution is 0.210. The fourth-order valence-corrected chi connectivity index (χ4v) is 2.59. The van der Waals surface area contributed by atoms with Crippen molar-refractivity contribution in [3.8, 4) is 0 Å². The van der Waals surface area contributed by atoms with Gasteiger partial charge in [-0.2, -0.15) is 9.97 Å². The predicted octanol–water partition coefficient (Wildman–Crippen LogP) is 1.92. The van der Waals surface area contributed by atoms with E-state index in [0.717, 1.165) is 48.1 Å². The molecule has 2 N–H and O–H groups in total. The molecule has 1 aliphatic rings. The average Bonchev–Trinajstić information content (AvgIpc) is 3.06. The largest absolute Gasteiger partial charge is 0.383 e. The summed E-state index contributed by atoms with van der Waals surface area (Å²) in [4.78, 5) is 14.9. The zero-order valence-corrected chi connectivity index (χ0v) is 12.1. The molecule has 3 rings (SSSR count). The van der Waals surface area contributed by atoms with E-state index in [2.05, 4.69) is 26.3 Å². The summed E-state index contributed by atoms with van der Waals surface area (Å²) < 4.78 is 5.09. The Morgan fingerprint density at radius 1 is 1.35 bits per heavy atom. The van der Waals surface area contributed by atoms with E-state index >= 15 is 0 Å². The van der Waals surface area contributed by atoms with Gasteiger partial charge in [0.2, 0.25) is 5.95 Å². The van der Waals surface area contributed by atoms with Crippen molar-refractivity contribution in [3.05, 3.63) is 11.8 Å². The van der Waals surface area contributed by atoms with Gasteiger partial charge in [0.25, 0.3) is 0 Å². The minimum atomic E-state index is 0.661. The number of nitrogens with one attached hydrogen (secondary N) is 2. The van der Waals surface area contributed by atoms with Gasteiger partial charge < -0.3 is 19.9 Å². The molecule has 6 nitrogen and oxygen atoms in total. The van der Waals surface area contributed by atoms with Crippen molar-refractivity contribution in [2.75, 3.05) is 43.6 Å². The van der Waals surface area contributed by atoms with Crippen LogP contribution in [-0.2, 0) is 4.74 Å². The summed E-state index contributed by atoms with van der Waals surface area (Å²) in [5.41, 5.74) is 2.00. The molecule has 20 heavy (non-hydrogen) atoms. The number of fused-ring (bicyclic) bond motifs is 1. The number of aryl methyl sites for hydroxylation is 1. The lowest BCUT2D eigenvalue weighted by atomic mass is 10.3. The van der Waals surface area contributed by atoms with Crippen LogP contribution >= 0.6 is 0 Å². The lowest BCUT2D eigenvalue weighted by Gasteiger charge is -2.16. The van der Waals surface area contributed by atoms with Crippen molar-refractivity contribution in [1.29, 1.82) is 0 Å². The molecule has 2 aromatic rings. The number of hydrogen-bond donors (Lipinski definition) is 2. The number of nitrogens with zero attached hydrogens (tertiary/aromatic N) is 3. The summed E-state index contributed by atoms with van der Waals surface area (Å²) in [6.45, 7) is 5.53. The SMILES string of the molecule is COCCNc1nc(N2CCCC2)nc2[nH]c(C)cc12. The zero-order valence-electron chi connectivity index (χ0n) is 12.1. The Kier molecular flexibility index (Phi) is 3.73. The van der Waals surface area contributed by atoms with Gasteiger partial charge in [-0.25, -0.2) is 0 Å². The maximum absolute atomic E-state index is 5.09. The lowest BCUT2D eigenvalue weighted by Crippen LogP contribution is -2.21. The molecule has 1 fully saturated rings. The molecule has 0 radical (unpaired) electrons. The summed E-state index contributed by atoms with van der Waals surface area (Å²) in [5, 5.41) is 4.39. The molecule has 1 aliphatic heterocycles. The maximum atomic E-state index is 5.09. The van der Waals surface area contributed by atoms with E-state index in [1.807, 2.05) is 6.92 Å². The van der Waals surface area contributed by atoms with Crippen LogP contribution in [0.15, 0.2) is 6.07 Å². The Labute approximate surface area is 118 Å². The standard InChI is InChI=1S/C14H21N5O/c1-10-9-11-12(15-5-8-20-2)17-14(18-13(11)16-10)19-6-3-4-7-19/h9H,3-8H2,1-2H3,(H2,15,16,17,18). The number of aromatic amines is 1. The van der Waals surface area contributed by atoms with Crippen molar-refractivity contribution in [2.24, 2.45) is 0 Å². The van der Waals surface area contributed by atoms with Crippen LogP contribution in [0, 0.1) is 6.92 Å². The van der Waals surface area contributed by atoms with Gasteiger partial charge in [-0.1, -0.05) is 0 Å². The smallest absolute Gasteiger partial charge is 0.229 e. The fourth-order valence-electron chi connectivity index (χ4n) is 2.59. The number of rotatable bonds is 5. The third kappa shape index (κ3) is 2.56. The van der Waals surface area contributed by atoms with Crippen LogP contribution < -0.4 is 10.2 Å². The number of aromatic nitrogens is 3. The van der Waals surface area contributed by atoms with E-state index in [1.54, 1.807) is 7.11 Å². The second-order valence-electron chi connectivity index (χ2n) is 5.20. The van der Waals surface area contributed by atoms with E-state index in [-0.39, 0.29) is 0 Å². The van der Waals surface area contributed by atoms with Gasteiger partial charge in [0.1, 0.15) is 11.5 Å². The van der Waals surface area contributed by atoms with Gasteiger partial charge in [-0.3, -0.25) is 0 Å². The predicted molar refractivity (Wildman–Crippen MR) is 80.4 cm³/mol. The second kappa shape index (κ2) is 5.66. The zero-order chi connectivity index (χ0) is 13.9. The van der Waals surface area contributed by atoms with E-state index in [9.17, 15) is 0 Å². The van der Waals surface area contributed by atoms with Gasteiger partial charge in [-0.15, -0.1) is 0 Å². The van der Waals surface area contributed by atoms with Gasteiger partial charge in [-0.05, 0) is 25.8 Å². The first-order valence-electron chi connectivity index (χ1n) is 7.13. The van der Waals surface area contributed by atoms with Crippen LogP contribution in [0.5, 0.6) is 0 Å². The summed E-state index contributed by atoms with van der Waals surface area (Å²) in [6, 6.07) is 2.08. The topological polar surface area (TPSA) is 66.1 Å². The highest BCUT2D eigenvalue weighted by atomic mass is 16.5.